The predicted octanol–water partition coefficient (Wildman–Crippen LogP) is 3.91. The molecule has 1 aromatic carbocycles. The van der Waals surface area contributed by atoms with Crippen molar-refractivity contribution in [1.82, 2.24) is 4.90 Å². The highest BCUT2D eigenvalue weighted by Crippen LogP contribution is 2.31. The molecule has 1 aliphatic carbocycles. The lowest BCUT2D eigenvalue weighted by molar-refractivity contribution is -0.137. The van der Waals surface area contributed by atoms with Crippen LogP contribution in [0.15, 0.2) is 24.3 Å². The van der Waals surface area contributed by atoms with Gasteiger partial charge in [0, 0.05) is 25.0 Å². The molecule has 18 heavy (non-hydrogen) atoms. The Kier molecular flexibility index (Phi) is 4.17. The van der Waals surface area contributed by atoms with Crippen LogP contribution in [0.5, 0.6) is 0 Å². The van der Waals surface area contributed by atoms with E-state index in [1.54, 1.807) is 12.1 Å². The molecule has 1 saturated carbocycles. The zero-order chi connectivity index (χ0) is 13.2. The molecule has 0 heterocycles. The van der Waals surface area contributed by atoms with Crippen LogP contribution in [0.4, 0.5) is 13.2 Å². The fourth-order valence-electron chi connectivity index (χ4n) is 1.97. The molecule has 0 radical (unpaired) electrons. The highest BCUT2D eigenvalue weighted by molar-refractivity contribution is 6.18. The van der Waals surface area contributed by atoms with Gasteiger partial charge in [-0.3, -0.25) is 4.90 Å². The molecule has 0 aromatic heterocycles. The third-order valence-corrected chi connectivity index (χ3v) is 3.27. The second-order valence-electron chi connectivity index (χ2n) is 4.59. The molecule has 0 unspecified atom stereocenters. The van der Waals surface area contributed by atoms with Gasteiger partial charge in [-0.25, -0.2) is 0 Å². The van der Waals surface area contributed by atoms with E-state index in [2.05, 4.69) is 4.90 Å². The summed E-state index contributed by atoms with van der Waals surface area (Å²) in [5, 5.41) is 0. The zero-order valence-corrected chi connectivity index (χ0v) is 10.6. The summed E-state index contributed by atoms with van der Waals surface area (Å²) in [6.07, 6.45) is -1.93. The molecule has 0 saturated heterocycles. The average Bonchev–Trinajstić information content (AvgIpc) is 3.12. The van der Waals surface area contributed by atoms with Crippen molar-refractivity contribution in [3.63, 3.8) is 0 Å². The summed E-state index contributed by atoms with van der Waals surface area (Å²) in [5.74, 6) is 0.553. The SMILES string of the molecule is FC(F)(F)c1ccc(CN(CCCl)C2CC2)cc1. The summed E-state index contributed by atoms with van der Waals surface area (Å²) in [7, 11) is 0. The molecule has 0 bridgehead atoms. The van der Waals surface area contributed by atoms with Gasteiger partial charge in [-0.2, -0.15) is 13.2 Å². The average molecular weight is 278 g/mol. The van der Waals surface area contributed by atoms with Gasteiger partial charge in [-0.1, -0.05) is 12.1 Å². The minimum absolute atomic E-state index is 0.553. The van der Waals surface area contributed by atoms with Gasteiger partial charge >= 0.3 is 6.18 Å². The monoisotopic (exact) mass is 277 g/mol. The largest absolute Gasteiger partial charge is 0.416 e. The van der Waals surface area contributed by atoms with E-state index in [1.165, 1.54) is 0 Å². The quantitative estimate of drug-likeness (QED) is 0.738. The van der Waals surface area contributed by atoms with Crippen LogP contribution in [0.2, 0.25) is 0 Å². The lowest BCUT2D eigenvalue weighted by Crippen LogP contribution is -2.27. The van der Waals surface area contributed by atoms with Gasteiger partial charge < -0.3 is 0 Å². The van der Waals surface area contributed by atoms with Crippen LogP contribution in [-0.4, -0.2) is 23.4 Å². The summed E-state index contributed by atoms with van der Waals surface area (Å²) in [6, 6.07) is 5.94. The van der Waals surface area contributed by atoms with Crippen molar-refractivity contribution < 1.29 is 13.2 Å². The third kappa shape index (κ3) is 3.62. The first kappa shape index (κ1) is 13.7. The van der Waals surface area contributed by atoms with Gasteiger partial charge in [-0.15, -0.1) is 11.6 Å². The predicted molar refractivity (Wildman–Crippen MR) is 65.6 cm³/mol. The molecule has 0 amide bonds. The molecule has 1 nitrogen and oxygen atoms in total. The van der Waals surface area contributed by atoms with Crippen molar-refractivity contribution in [1.29, 1.82) is 0 Å². The number of halogens is 4. The number of hydrogen-bond donors (Lipinski definition) is 0. The van der Waals surface area contributed by atoms with Crippen LogP contribution >= 0.6 is 11.6 Å². The highest BCUT2D eigenvalue weighted by Gasteiger charge is 2.31. The second-order valence-corrected chi connectivity index (χ2v) is 4.96. The van der Waals surface area contributed by atoms with Gasteiger partial charge in [0.1, 0.15) is 0 Å². The standard InChI is InChI=1S/C13H15ClF3N/c14-7-8-18(12-5-6-12)9-10-1-3-11(4-2-10)13(15,16)17/h1-4,12H,5-9H2. The van der Waals surface area contributed by atoms with Crippen LogP contribution in [0.25, 0.3) is 0 Å². The Balaban J connectivity index is 2.00. The summed E-state index contributed by atoms with van der Waals surface area (Å²) < 4.78 is 37.2. The molecule has 0 spiro atoms. The van der Waals surface area contributed by atoms with Crippen molar-refractivity contribution >= 4 is 11.6 Å². The minimum Gasteiger partial charge on any atom is -0.295 e. The van der Waals surface area contributed by atoms with Crippen molar-refractivity contribution in [2.45, 2.75) is 31.6 Å². The van der Waals surface area contributed by atoms with E-state index < -0.39 is 11.7 Å². The summed E-state index contributed by atoms with van der Waals surface area (Å²) in [6.45, 7) is 1.46. The smallest absolute Gasteiger partial charge is 0.295 e. The Bertz CT molecular complexity index is 384. The maximum absolute atomic E-state index is 12.4. The maximum atomic E-state index is 12.4. The van der Waals surface area contributed by atoms with Crippen LogP contribution in [0, 0.1) is 0 Å². The van der Waals surface area contributed by atoms with E-state index in [1.807, 2.05) is 0 Å². The Hall–Kier alpha value is -0.740. The molecule has 1 aromatic rings. The van der Waals surface area contributed by atoms with Crippen LogP contribution < -0.4 is 0 Å². The number of benzene rings is 1. The summed E-state index contributed by atoms with van der Waals surface area (Å²) >= 11 is 5.73. The van der Waals surface area contributed by atoms with Gasteiger partial charge in [0.2, 0.25) is 0 Å². The molecular weight excluding hydrogens is 263 g/mol. The summed E-state index contributed by atoms with van der Waals surface area (Å²) in [4.78, 5) is 2.23. The Morgan fingerprint density at radius 2 is 1.78 bits per heavy atom. The van der Waals surface area contributed by atoms with Gasteiger partial charge in [0.15, 0.2) is 0 Å². The van der Waals surface area contributed by atoms with Crippen molar-refractivity contribution in [2.24, 2.45) is 0 Å². The van der Waals surface area contributed by atoms with Crippen LogP contribution in [0.1, 0.15) is 24.0 Å². The lowest BCUT2D eigenvalue weighted by Gasteiger charge is -2.21. The first-order valence-electron chi connectivity index (χ1n) is 5.97. The molecule has 5 heteroatoms. The lowest BCUT2D eigenvalue weighted by atomic mass is 10.1. The van der Waals surface area contributed by atoms with Gasteiger partial charge in [0.05, 0.1) is 5.56 Å². The molecule has 0 atom stereocenters. The highest BCUT2D eigenvalue weighted by atomic mass is 35.5. The van der Waals surface area contributed by atoms with E-state index in [0.717, 1.165) is 37.1 Å². The fraction of sp³-hybridized carbons (Fsp3) is 0.538. The Labute approximate surface area is 110 Å². The van der Waals surface area contributed by atoms with E-state index in [4.69, 9.17) is 11.6 Å². The normalized spacial score (nSPS) is 16.3. The fourth-order valence-corrected chi connectivity index (χ4v) is 2.19. The Morgan fingerprint density at radius 1 is 1.17 bits per heavy atom. The van der Waals surface area contributed by atoms with E-state index in [0.29, 0.717) is 18.5 Å². The zero-order valence-electron chi connectivity index (χ0n) is 9.88. The second kappa shape index (κ2) is 5.49. The van der Waals surface area contributed by atoms with Crippen LogP contribution in [0.3, 0.4) is 0 Å². The van der Waals surface area contributed by atoms with Gasteiger partial charge in [-0.05, 0) is 30.5 Å². The van der Waals surface area contributed by atoms with Crippen molar-refractivity contribution in [2.75, 3.05) is 12.4 Å². The number of rotatable bonds is 5. The Morgan fingerprint density at radius 3 is 2.22 bits per heavy atom. The number of hydrogen-bond acceptors (Lipinski definition) is 1. The first-order chi connectivity index (χ1) is 8.50. The number of alkyl halides is 4. The molecule has 1 fully saturated rings. The van der Waals surface area contributed by atoms with E-state index in [9.17, 15) is 13.2 Å². The topological polar surface area (TPSA) is 3.24 Å². The van der Waals surface area contributed by atoms with Crippen LogP contribution in [-0.2, 0) is 12.7 Å². The molecule has 2 rings (SSSR count). The van der Waals surface area contributed by atoms with Crippen molar-refractivity contribution in [3.05, 3.63) is 35.4 Å². The number of nitrogens with zero attached hydrogens (tertiary/aromatic N) is 1. The molecular formula is C13H15ClF3N. The molecule has 0 aliphatic heterocycles. The van der Waals surface area contributed by atoms with E-state index >= 15 is 0 Å². The molecule has 100 valence electrons. The molecule has 0 N–H and O–H groups in total. The van der Waals surface area contributed by atoms with E-state index in [-0.39, 0.29) is 0 Å². The summed E-state index contributed by atoms with van der Waals surface area (Å²) in [5.41, 5.74) is 0.307. The maximum Gasteiger partial charge on any atom is 0.416 e. The first-order valence-corrected chi connectivity index (χ1v) is 6.50. The van der Waals surface area contributed by atoms with Gasteiger partial charge in [0.25, 0.3) is 0 Å². The molecule has 1 aliphatic rings. The van der Waals surface area contributed by atoms with Crippen molar-refractivity contribution in [3.8, 4) is 0 Å². The minimum atomic E-state index is -4.26. The third-order valence-electron chi connectivity index (χ3n) is 3.10.